The van der Waals surface area contributed by atoms with Gasteiger partial charge in [-0.05, 0) is 67.2 Å². The molecular weight excluding hydrogens is 362 g/mol. The molecule has 3 aliphatic heterocycles. The number of fused-ring (bicyclic) bond motifs is 1. The quantitative estimate of drug-likeness (QED) is 0.746. The number of anilines is 2. The number of benzene rings is 1. The third-order valence-electron chi connectivity index (χ3n) is 6.67. The van der Waals surface area contributed by atoms with E-state index in [0.717, 1.165) is 69.2 Å². The average molecular weight is 392 g/mol. The largest absolute Gasteiger partial charge is 0.342 e. The summed E-state index contributed by atoms with van der Waals surface area (Å²) in [6.07, 6.45) is 5.84. The maximum Gasteiger partial charge on any atom is 0.227 e. The number of likely N-dealkylation sites (tertiary alicyclic amines) is 1. The summed E-state index contributed by atoms with van der Waals surface area (Å²) in [4.78, 5) is 19.3. The topological polar surface area (TPSA) is 69.3 Å². The van der Waals surface area contributed by atoms with Crippen LogP contribution < -0.4 is 16.0 Å². The fourth-order valence-corrected chi connectivity index (χ4v) is 4.86. The van der Waals surface area contributed by atoms with E-state index in [0.29, 0.717) is 11.8 Å². The molecule has 0 aliphatic carbocycles. The zero-order valence-electron chi connectivity index (χ0n) is 16.8. The Kier molecular flexibility index (Phi) is 4.97. The molecule has 0 bridgehead atoms. The van der Waals surface area contributed by atoms with Crippen molar-refractivity contribution in [3.63, 3.8) is 0 Å². The minimum atomic E-state index is 0.248. The van der Waals surface area contributed by atoms with Gasteiger partial charge in [-0.1, -0.05) is 12.1 Å². The first-order chi connectivity index (χ1) is 14.2. The number of amides is 1. The van der Waals surface area contributed by atoms with Gasteiger partial charge in [0, 0.05) is 43.5 Å². The number of nitrogens with zero attached hydrogens (tertiary/aromatic N) is 2. The molecule has 6 heteroatoms. The molecule has 0 saturated carbocycles. The van der Waals surface area contributed by atoms with Gasteiger partial charge < -0.3 is 20.9 Å². The van der Waals surface area contributed by atoms with Crippen LogP contribution >= 0.6 is 0 Å². The lowest BCUT2D eigenvalue weighted by atomic mass is 9.86. The lowest BCUT2D eigenvalue weighted by Crippen LogP contribution is -2.34. The molecule has 6 nitrogen and oxygen atoms in total. The lowest BCUT2D eigenvalue weighted by Gasteiger charge is -2.22. The number of hydrogen-bond acceptors (Lipinski definition) is 5. The highest BCUT2D eigenvalue weighted by molar-refractivity contribution is 5.79. The molecule has 2 aromatic rings. The SMILES string of the molecule is O=C(Cc1ccc(Nc2cc3c(cn2)CCNC3)cc1)N1CCC2(CCNC2)C1. The van der Waals surface area contributed by atoms with E-state index < -0.39 is 0 Å². The molecular formula is C23H29N5O. The number of carbonyl (C=O) groups is 1. The molecule has 1 unspecified atom stereocenters. The molecule has 1 aromatic carbocycles. The van der Waals surface area contributed by atoms with E-state index in [2.05, 4.69) is 31.9 Å². The van der Waals surface area contributed by atoms with Gasteiger partial charge in [0.1, 0.15) is 5.82 Å². The van der Waals surface area contributed by atoms with Crippen LogP contribution in [0.4, 0.5) is 11.5 Å². The zero-order valence-corrected chi connectivity index (χ0v) is 16.8. The van der Waals surface area contributed by atoms with E-state index in [4.69, 9.17) is 0 Å². The second kappa shape index (κ2) is 7.76. The molecule has 1 aromatic heterocycles. The van der Waals surface area contributed by atoms with Crippen molar-refractivity contribution in [3.05, 3.63) is 53.2 Å². The van der Waals surface area contributed by atoms with Gasteiger partial charge in [-0.15, -0.1) is 0 Å². The van der Waals surface area contributed by atoms with Crippen molar-refractivity contribution < 1.29 is 4.79 Å². The van der Waals surface area contributed by atoms with Crippen molar-refractivity contribution in [2.75, 3.05) is 38.0 Å². The van der Waals surface area contributed by atoms with Gasteiger partial charge in [0.25, 0.3) is 0 Å². The summed E-state index contributed by atoms with van der Waals surface area (Å²) >= 11 is 0. The summed E-state index contributed by atoms with van der Waals surface area (Å²) in [5.74, 6) is 1.11. The van der Waals surface area contributed by atoms with Crippen LogP contribution in [0.1, 0.15) is 29.5 Å². The molecule has 152 valence electrons. The molecule has 1 amide bonds. The van der Waals surface area contributed by atoms with Crippen LogP contribution in [0.5, 0.6) is 0 Å². The first-order valence-corrected chi connectivity index (χ1v) is 10.7. The van der Waals surface area contributed by atoms with E-state index in [1.807, 2.05) is 30.5 Å². The van der Waals surface area contributed by atoms with E-state index >= 15 is 0 Å². The van der Waals surface area contributed by atoms with Crippen LogP contribution in [0.2, 0.25) is 0 Å². The smallest absolute Gasteiger partial charge is 0.227 e. The summed E-state index contributed by atoms with van der Waals surface area (Å²) in [6, 6.07) is 10.3. The molecule has 5 rings (SSSR count). The summed E-state index contributed by atoms with van der Waals surface area (Å²) in [5.41, 5.74) is 5.04. The van der Waals surface area contributed by atoms with Gasteiger partial charge in [-0.2, -0.15) is 0 Å². The normalized spacial score (nSPS) is 23.4. The monoisotopic (exact) mass is 391 g/mol. The Morgan fingerprint density at radius 3 is 2.86 bits per heavy atom. The first kappa shape index (κ1) is 18.6. The van der Waals surface area contributed by atoms with Crippen LogP contribution in [0.15, 0.2) is 36.5 Å². The van der Waals surface area contributed by atoms with E-state index in [-0.39, 0.29) is 5.91 Å². The molecule has 2 fully saturated rings. The predicted molar refractivity (Wildman–Crippen MR) is 114 cm³/mol. The first-order valence-electron chi connectivity index (χ1n) is 10.7. The molecule has 0 radical (unpaired) electrons. The second-order valence-corrected chi connectivity index (χ2v) is 8.76. The third kappa shape index (κ3) is 4.00. The highest BCUT2D eigenvalue weighted by Crippen LogP contribution is 2.36. The van der Waals surface area contributed by atoms with E-state index in [9.17, 15) is 4.79 Å². The van der Waals surface area contributed by atoms with Gasteiger partial charge in [0.15, 0.2) is 0 Å². The fourth-order valence-electron chi connectivity index (χ4n) is 4.86. The van der Waals surface area contributed by atoms with Crippen LogP contribution in [0.25, 0.3) is 0 Å². The Hall–Kier alpha value is -2.44. The standard InChI is InChI=1S/C23H29N5O/c29-22(28-10-7-23(16-28)6-9-25-15-23)11-17-1-3-20(4-2-17)27-21-12-19-13-24-8-5-18(19)14-26-21/h1-4,12,14,24-25H,5-11,13,15-16H2,(H,26,27). The van der Waals surface area contributed by atoms with Gasteiger partial charge in [0.05, 0.1) is 6.42 Å². The zero-order chi connectivity index (χ0) is 19.7. The van der Waals surface area contributed by atoms with Gasteiger partial charge in [-0.3, -0.25) is 4.79 Å². The van der Waals surface area contributed by atoms with Crippen molar-refractivity contribution in [1.29, 1.82) is 0 Å². The Bertz CT molecular complexity index is 889. The number of aromatic nitrogens is 1. The maximum absolute atomic E-state index is 12.7. The van der Waals surface area contributed by atoms with Crippen LogP contribution in [-0.2, 0) is 24.2 Å². The molecule has 29 heavy (non-hydrogen) atoms. The lowest BCUT2D eigenvalue weighted by molar-refractivity contribution is -0.129. The predicted octanol–water partition coefficient (Wildman–Crippen LogP) is 2.23. The van der Waals surface area contributed by atoms with Gasteiger partial charge in [-0.25, -0.2) is 4.98 Å². The van der Waals surface area contributed by atoms with Crippen LogP contribution in [0, 0.1) is 5.41 Å². The van der Waals surface area contributed by atoms with Gasteiger partial charge in [0.2, 0.25) is 5.91 Å². The minimum absolute atomic E-state index is 0.248. The summed E-state index contributed by atoms with van der Waals surface area (Å²) in [7, 11) is 0. The number of nitrogens with one attached hydrogen (secondary N) is 3. The third-order valence-corrected chi connectivity index (χ3v) is 6.67. The van der Waals surface area contributed by atoms with Crippen molar-refractivity contribution in [1.82, 2.24) is 20.5 Å². The Morgan fingerprint density at radius 1 is 1.14 bits per heavy atom. The molecule has 4 heterocycles. The highest BCUT2D eigenvalue weighted by Gasteiger charge is 2.41. The van der Waals surface area contributed by atoms with Crippen LogP contribution in [-0.4, -0.2) is 48.5 Å². The molecule has 3 aliphatic rings. The summed E-state index contributed by atoms with van der Waals surface area (Å²) < 4.78 is 0. The molecule has 3 N–H and O–H groups in total. The van der Waals surface area contributed by atoms with Crippen molar-refractivity contribution >= 4 is 17.4 Å². The number of pyridine rings is 1. The summed E-state index contributed by atoms with van der Waals surface area (Å²) in [6.45, 7) is 5.89. The average Bonchev–Trinajstić information content (AvgIpc) is 3.39. The molecule has 2 saturated heterocycles. The maximum atomic E-state index is 12.7. The van der Waals surface area contributed by atoms with Crippen LogP contribution in [0.3, 0.4) is 0 Å². The Balaban J connectivity index is 1.19. The number of carbonyl (C=O) groups excluding carboxylic acids is 1. The fraction of sp³-hybridized carbons (Fsp3) is 0.478. The van der Waals surface area contributed by atoms with Crippen molar-refractivity contribution in [2.24, 2.45) is 5.41 Å². The molecule has 1 spiro atoms. The van der Waals surface area contributed by atoms with E-state index in [1.165, 1.54) is 17.5 Å². The Labute approximate surface area is 172 Å². The van der Waals surface area contributed by atoms with E-state index in [1.54, 1.807) is 0 Å². The summed E-state index contributed by atoms with van der Waals surface area (Å²) in [5, 5.41) is 10.2. The number of hydrogen-bond donors (Lipinski definition) is 3. The highest BCUT2D eigenvalue weighted by atomic mass is 16.2. The Morgan fingerprint density at radius 2 is 2.03 bits per heavy atom. The van der Waals surface area contributed by atoms with Crippen molar-refractivity contribution in [3.8, 4) is 0 Å². The minimum Gasteiger partial charge on any atom is -0.342 e. The van der Waals surface area contributed by atoms with Crippen molar-refractivity contribution in [2.45, 2.75) is 32.2 Å². The van der Waals surface area contributed by atoms with Gasteiger partial charge >= 0.3 is 0 Å². The number of rotatable bonds is 4. The second-order valence-electron chi connectivity index (χ2n) is 8.76. The molecule has 1 atom stereocenters.